The van der Waals surface area contributed by atoms with Crippen LogP contribution in [0, 0.1) is 0 Å². The zero-order valence-electron chi connectivity index (χ0n) is 14.5. The molecule has 0 saturated carbocycles. The molecule has 0 atom stereocenters. The topological polar surface area (TPSA) is 49.6 Å². The highest BCUT2D eigenvalue weighted by Crippen LogP contribution is 2.23. The molecule has 1 aliphatic rings. The normalized spacial score (nSPS) is 15.6. The van der Waals surface area contributed by atoms with Crippen LogP contribution >= 0.6 is 0 Å². The minimum Gasteiger partial charge on any atom is -0.369 e. The van der Waals surface area contributed by atoms with Gasteiger partial charge in [0.2, 0.25) is 0 Å². The van der Waals surface area contributed by atoms with Crippen molar-refractivity contribution in [2.45, 2.75) is 6.92 Å². The summed E-state index contributed by atoms with van der Waals surface area (Å²) in [7, 11) is 0. The van der Waals surface area contributed by atoms with Gasteiger partial charge in [0.25, 0.3) is 0 Å². The van der Waals surface area contributed by atoms with Crippen LogP contribution in [0.1, 0.15) is 12.6 Å². The van der Waals surface area contributed by atoms with E-state index in [1.54, 1.807) is 10.6 Å². The third-order valence-electron chi connectivity index (χ3n) is 4.80. The van der Waals surface area contributed by atoms with Crippen molar-refractivity contribution >= 4 is 17.4 Å². The van der Waals surface area contributed by atoms with E-state index >= 15 is 0 Å². The minimum absolute atomic E-state index is 0.736. The molecule has 128 valence electrons. The average molecular weight is 334 g/mol. The smallest absolute Gasteiger partial charge is 0.185 e. The maximum Gasteiger partial charge on any atom is 0.185 e. The van der Waals surface area contributed by atoms with E-state index in [9.17, 15) is 0 Å². The lowest BCUT2D eigenvalue weighted by atomic mass is 10.1. The number of likely N-dealkylation sites (N-methyl/N-ethyl adjacent to an activating group) is 1. The van der Waals surface area contributed by atoms with Crippen LogP contribution in [0.5, 0.6) is 0 Å². The second-order valence-electron chi connectivity index (χ2n) is 6.22. The SMILES string of the molecule is C=Cc1ccc2nnc(-c3ccc(N4CCN(CC)CC4)cc3)n2n1. The third kappa shape index (κ3) is 3.00. The Bertz CT molecular complexity index is 875. The number of rotatable bonds is 4. The number of nitrogens with zero attached hydrogens (tertiary/aromatic N) is 6. The van der Waals surface area contributed by atoms with Crippen LogP contribution in [-0.4, -0.2) is 57.4 Å². The molecule has 2 aromatic heterocycles. The summed E-state index contributed by atoms with van der Waals surface area (Å²) in [5, 5.41) is 13.0. The molecule has 1 saturated heterocycles. The molecule has 0 N–H and O–H groups in total. The molecule has 0 spiro atoms. The van der Waals surface area contributed by atoms with Gasteiger partial charge in [-0.3, -0.25) is 0 Å². The summed E-state index contributed by atoms with van der Waals surface area (Å²) >= 11 is 0. The van der Waals surface area contributed by atoms with E-state index in [2.05, 4.69) is 62.9 Å². The molecule has 6 heteroatoms. The van der Waals surface area contributed by atoms with E-state index in [1.807, 2.05) is 12.1 Å². The zero-order valence-corrected chi connectivity index (χ0v) is 14.5. The van der Waals surface area contributed by atoms with E-state index < -0.39 is 0 Å². The van der Waals surface area contributed by atoms with E-state index in [4.69, 9.17) is 0 Å². The number of aromatic nitrogens is 4. The summed E-state index contributed by atoms with van der Waals surface area (Å²) in [6.45, 7) is 11.5. The summed E-state index contributed by atoms with van der Waals surface area (Å²) in [4.78, 5) is 4.92. The van der Waals surface area contributed by atoms with Gasteiger partial charge in [-0.15, -0.1) is 10.2 Å². The van der Waals surface area contributed by atoms with E-state index in [0.717, 1.165) is 55.5 Å². The summed E-state index contributed by atoms with van der Waals surface area (Å²) in [6, 6.07) is 12.3. The van der Waals surface area contributed by atoms with Crippen molar-refractivity contribution in [3.8, 4) is 11.4 Å². The molecule has 0 unspecified atom stereocenters. The molecular formula is C19H22N6. The molecular weight excluding hydrogens is 312 g/mol. The number of hydrogen-bond donors (Lipinski definition) is 0. The maximum absolute atomic E-state index is 4.52. The molecule has 1 aliphatic heterocycles. The van der Waals surface area contributed by atoms with Crippen molar-refractivity contribution < 1.29 is 0 Å². The molecule has 0 radical (unpaired) electrons. The van der Waals surface area contributed by atoms with E-state index in [1.165, 1.54) is 5.69 Å². The highest BCUT2D eigenvalue weighted by Gasteiger charge is 2.16. The zero-order chi connectivity index (χ0) is 17.2. The van der Waals surface area contributed by atoms with Gasteiger partial charge in [-0.25, -0.2) is 0 Å². The van der Waals surface area contributed by atoms with Crippen LogP contribution in [0.4, 0.5) is 5.69 Å². The number of piperazine rings is 1. The summed E-state index contributed by atoms with van der Waals surface area (Å²) < 4.78 is 1.77. The highest BCUT2D eigenvalue weighted by molar-refractivity contribution is 5.63. The van der Waals surface area contributed by atoms with Gasteiger partial charge in [0.1, 0.15) is 0 Å². The van der Waals surface area contributed by atoms with Crippen molar-refractivity contribution in [1.82, 2.24) is 24.7 Å². The van der Waals surface area contributed by atoms with Gasteiger partial charge in [-0.2, -0.15) is 9.61 Å². The van der Waals surface area contributed by atoms with Crippen LogP contribution in [-0.2, 0) is 0 Å². The molecule has 4 rings (SSSR count). The predicted molar refractivity (Wildman–Crippen MR) is 101 cm³/mol. The molecule has 6 nitrogen and oxygen atoms in total. The van der Waals surface area contributed by atoms with E-state index in [0.29, 0.717) is 0 Å². The average Bonchev–Trinajstić information content (AvgIpc) is 3.11. The van der Waals surface area contributed by atoms with Crippen LogP contribution < -0.4 is 4.90 Å². The Kier molecular flexibility index (Phi) is 4.19. The Morgan fingerprint density at radius 1 is 1.00 bits per heavy atom. The van der Waals surface area contributed by atoms with Crippen molar-refractivity contribution in [3.05, 3.63) is 48.7 Å². The van der Waals surface area contributed by atoms with Crippen LogP contribution in [0.15, 0.2) is 43.0 Å². The lowest BCUT2D eigenvalue weighted by molar-refractivity contribution is 0.271. The first kappa shape index (κ1) is 15.8. The first-order valence-electron chi connectivity index (χ1n) is 8.71. The lowest BCUT2D eigenvalue weighted by Crippen LogP contribution is -2.46. The Morgan fingerprint density at radius 3 is 2.44 bits per heavy atom. The second kappa shape index (κ2) is 6.64. The van der Waals surface area contributed by atoms with Crippen LogP contribution in [0.25, 0.3) is 23.1 Å². The number of benzene rings is 1. The molecule has 0 amide bonds. The highest BCUT2D eigenvalue weighted by atomic mass is 15.4. The Morgan fingerprint density at radius 2 is 1.76 bits per heavy atom. The van der Waals surface area contributed by atoms with Crippen molar-refractivity contribution in [2.24, 2.45) is 0 Å². The van der Waals surface area contributed by atoms with Gasteiger partial charge >= 0.3 is 0 Å². The van der Waals surface area contributed by atoms with Gasteiger partial charge in [0.05, 0.1) is 5.69 Å². The van der Waals surface area contributed by atoms with Gasteiger partial charge in [-0.1, -0.05) is 13.5 Å². The molecule has 1 aromatic carbocycles. The molecule has 3 aromatic rings. The fraction of sp³-hybridized carbons (Fsp3) is 0.316. The van der Waals surface area contributed by atoms with Gasteiger partial charge < -0.3 is 9.80 Å². The number of anilines is 1. The van der Waals surface area contributed by atoms with Gasteiger partial charge in [-0.05, 0) is 49.0 Å². The molecule has 0 bridgehead atoms. The molecule has 0 aliphatic carbocycles. The van der Waals surface area contributed by atoms with Gasteiger partial charge in [0, 0.05) is 37.4 Å². The summed E-state index contributed by atoms with van der Waals surface area (Å²) in [5.41, 5.74) is 3.81. The van der Waals surface area contributed by atoms with Crippen LogP contribution in [0.3, 0.4) is 0 Å². The summed E-state index contributed by atoms with van der Waals surface area (Å²) in [6.07, 6.45) is 1.72. The maximum atomic E-state index is 4.52. The summed E-state index contributed by atoms with van der Waals surface area (Å²) in [5.74, 6) is 0.751. The largest absolute Gasteiger partial charge is 0.369 e. The monoisotopic (exact) mass is 334 g/mol. The Hall–Kier alpha value is -2.73. The van der Waals surface area contributed by atoms with Crippen molar-refractivity contribution in [2.75, 3.05) is 37.6 Å². The quantitative estimate of drug-likeness (QED) is 0.734. The minimum atomic E-state index is 0.736. The molecule has 25 heavy (non-hydrogen) atoms. The third-order valence-corrected chi connectivity index (χ3v) is 4.80. The Labute approximate surface area is 147 Å². The fourth-order valence-electron chi connectivity index (χ4n) is 3.24. The molecule has 1 fully saturated rings. The standard InChI is InChI=1S/C19H22N6/c1-3-16-7-10-18-20-21-19(25(18)22-16)15-5-8-17(9-6-15)24-13-11-23(4-2)12-14-24/h3,5-10H,1,4,11-14H2,2H3. The Balaban J connectivity index is 1.59. The van der Waals surface area contributed by atoms with E-state index in [-0.39, 0.29) is 0 Å². The second-order valence-corrected chi connectivity index (χ2v) is 6.22. The first-order chi connectivity index (χ1) is 12.3. The number of hydrogen-bond acceptors (Lipinski definition) is 5. The lowest BCUT2D eigenvalue weighted by Gasteiger charge is -2.35. The van der Waals surface area contributed by atoms with Crippen molar-refractivity contribution in [1.29, 1.82) is 0 Å². The fourth-order valence-corrected chi connectivity index (χ4v) is 3.24. The number of fused-ring (bicyclic) bond motifs is 1. The van der Waals surface area contributed by atoms with Crippen molar-refractivity contribution in [3.63, 3.8) is 0 Å². The predicted octanol–water partition coefficient (Wildman–Crippen LogP) is 2.58. The molecule has 3 heterocycles. The van der Waals surface area contributed by atoms with Gasteiger partial charge in [0.15, 0.2) is 11.5 Å². The first-order valence-corrected chi connectivity index (χ1v) is 8.71. The van der Waals surface area contributed by atoms with Crippen LogP contribution in [0.2, 0.25) is 0 Å².